The first-order valence-electron chi connectivity index (χ1n) is 10.3. The average molecular weight is 464 g/mol. The van der Waals surface area contributed by atoms with E-state index in [1.165, 1.54) is 36.2 Å². The van der Waals surface area contributed by atoms with Gasteiger partial charge in [0.15, 0.2) is 0 Å². The van der Waals surface area contributed by atoms with Crippen LogP contribution in [-0.4, -0.2) is 55.8 Å². The first-order valence-corrected chi connectivity index (χ1v) is 12.1. The molecule has 9 heteroatoms. The molecule has 0 saturated heterocycles. The molecule has 0 bridgehead atoms. The number of amides is 2. The van der Waals surface area contributed by atoms with E-state index >= 15 is 0 Å². The highest BCUT2D eigenvalue weighted by Crippen LogP contribution is 2.24. The van der Waals surface area contributed by atoms with E-state index < -0.39 is 34.3 Å². The summed E-state index contributed by atoms with van der Waals surface area (Å²) in [6, 6.07) is 13.4. The molecule has 0 spiro atoms. The molecule has 2 amide bonds. The van der Waals surface area contributed by atoms with E-state index in [1.54, 1.807) is 30.3 Å². The van der Waals surface area contributed by atoms with Crippen LogP contribution in [0.4, 0.5) is 4.39 Å². The molecule has 0 fully saturated rings. The Bertz CT molecular complexity index is 1010. The second-order valence-electron chi connectivity index (χ2n) is 8.12. The Balaban J connectivity index is 2.47. The van der Waals surface area contributed by atoms with E-state index in [0.29, 0.717) is 17.7 Å². The minimum absolute atomic E-state index is 0.00533. The molecule has 1 atom stereocenters. The smallest absolute Gasteiger partial charge is 0.247 e. The lowest BCUT2D eigenvalue weighted by Gasteiger charge is -2.32. The first kappa shape index (κ1) is 25.5. The van der Waals surface area contributed by atoms with Crippen LogP contribution in [-0.2, 0) is 26.2 Å². The van der Waals surface area contributed by atoms with E-state index in [-0.39, 0.29) is 18.4 Å². The molecule has 0 aromatic heterocycles. The van der Waals surface area contributed by atoms with E-state index in [9.17, 15) is 22.4 Å². The minimum atomic E-state index is -3.61. The fraction of sp³-hybridized carbons (Fsp3) is 0.391. The summed E-state index contributed by atoms with van der Waals surface area (Å²) in [5.41, 5.74) is 1.20. The highest BCUT2D eigenvalue weighted by Gasteiger charge is 2.32. The number of nitrogens with zero attached hydrogens (tertiary/aromatic N) is 2. The molecule has 0 radical (unpaired) electrons. The monoisotopic (exact) mass is 463 g/mol. The van der Waals surface area contributed by atoms with Crippen LogP contribution in [0, 0.1) is 11.7 Å². The summed E-state index contributed by atoms with van der Waals surface area (Å²) in [5, 5.41) is 2.87. The molecule has 0 aliphatic heterocycles. The molecule has 0 heterocycles. The SMILES string of the molecule is CC(C)CNC(=O)[C@@H](c1ccccc1)N(Cc1ccc(F)cc1)C(=O)CN(C)S(C)(=O)=O. The number of halogens is 1. The Morgan fingerprint density at radius 1 is 1.03 bits per heavy atom. The van der Waals surface area contributed by atoms with Crippen LogP contribution in [0.3, 0.4) is 0 Å². The number of hydrogen-bond donors (Lipinski definition) is 1. The van der Waals surface area contributed by atoms with E-state index in [0.717, 1.165) is 10.6 Å². The van der Waals surface area contributed by atoms with Gasteiger partial charge in [0.05, 0.1) is 12.8 Å². The molecule has 2 rings (SSSR count). The second kappa shape index (κ2) is 11.2. The van der Waals surface area contributed by atoms with E-state index in [4.69, 9.17) is 0 Å². The van der Waals surface area contributed by atoms with E-state index in [1.807, 2.05) is 13.8 Å². The predicted molar refractivity (Wildman–Crippen MR) is 121 cm³/mol. The van der Waals surface area contributed by atoms with Gasteiger partial charge in [-0.3, -0.25) is 9.59 Å². The lowest BCUT2D eigenvalue weighted by atomic mass is 10.0. The van der Waals surface area contributed by atoms with Crippen molar-refractivity contribution in [2.45, 2.75) is 26.4 Å². The molecule has 7 nitrogen and oxygen atoms in total. The Hall–Kier alpha value is -2.78. The molecule has 2 aromatic carbocycles. The highest BCUT2D eigenvalue weighted by atomic mass is 32.2. The molecule has 32 heavy (non-hydrogen) atoms. The third kappa shape index (κ3) is 7.42. The van der Waals surface area contributed by atoms with Crippen molar-refractivity contribution in [2.24, 2.45) is 5.92 Å². The standard InChI is InChI=1S/C23H30FN3O4S/c1-17(2)14-25-23(29)22(19-8-6-5-7-9-19)27(15-18-10-12-20(24)13-11-18)21(28)16-26(3)32(4,30)31/h5-13,17,22H,14-16H2,1-4H3,(H,25,29)/t22-/m1/s1. The van der Waals surface area contributed by atoms with Crippen molar-refractivity contribution in [3.05, 3.63) is 71.5 Å². The minimum Gasteiger partial charge on any atom is -0.354 e. The molecule has 0 unspecified atom stereocenters. The zero-order valence-electron chi connectivity index (χ0n) is 18.8. The van der Waals surface area contributed by atoms with E-state index in [2.05, 4.69) is 5.32 Å². The number of likely N-dealkylation sites (N-methyl/N-ethyl adjacent to an activating group) is 1. The van der Waals surface area contributed by atoms with Gasteiger partial charge in [0.25, 0.3) is 0 Å². The molecular formula is C23H30FN3O4S. The highest BCUT2D eigenvalue weighted by molar-refractivity contribution is 7.88. The summed E-state index contributed by atoms with van der Waals surface area (Å²) in [5.74, 6) is -1.14. The third-order valence-corrected chi connectivity index (χ3v) is 6.13. The van der Waals surface area contributed by atoms with Gasteiger partial charge in [-0.15, -0.1) is 0 Å². The van der Waals surface area contributed by atoms with Gasteiger partial charge in [-0.05, 0) is 29.2 Å². The molecule has 2 aromatic rings. The largest absolute Gasteiger partial charge is 0.354 e. The molecule has 0 aliphatic carbocycles. The Morgan fingerprint density at radius 2 is 1.62 bits per heavy atom. The van der Waals surface area contributed by atoms with Crippen LogP contribution < -0.4 is 5.32 Å². The summed E-state index contributed by atoms with van der Waals surface area (Å²) in [4.78, 5) is 27.9. The van der Waals surface area contributed by atoms with Gasteiger partial charge in [-0.25, -0.2) is 12.8 Å². The topological polar surface area (TPSA) is 86.8 Å². The van der Waals surface area contributed by atoms with Crippen LogP contribution in [0.5, 0.6) is 0 Å². The second-order valence-corrected chi connectivity index (χ2v) is 10.2. The van der Waals surface area contributed by atoms with Gasteiger partial charge >= 0.3 is 0 Å². The van der Waals surface area contributed by atoms with Crippen molar-refractivity contribution in [2.75, 3.05) is 26.4 Å². The van der Waals surface area contributed by atoms with Crippen molar-refractivity contribution in [1.82, 2.24) is 14.5 Å². The zero-order valence-corrected chi connectivity index (χ0v) is 19.6. The Kier molecular flexibility index (Phi) is 8.91. The fourth-order valence-electron chi connectivity index (χ4n) is 3.02. The van der Waals surface area contributed by atoms with Crippen molar-refractivity contribution in [1.29, 1.82) is 0 Å². The van der Waals surface area contributed by atoms with Gasteiger partial charge in [0, 0.05) is 20.1 Å². The number of carbonyl (C=O) groups excluding carboxylic acids is 2. The van der Waals surface area contributed by atoms with Crippen LogP contribution in [0.1, 0.15) is 31.0 Å². The third-order valence-electron chi connectivity index (χ3n) is 4.87. The summed E-state index contributed by atoms with van der Waals surface area (Å²) < 4.78 is 38.1. The van der Waals surface area contributed by atoms with Crippen LogP contribution >= 0.6 is 0 Å². The molecule has 1 N–H and O–H groups in total. The first-order chi connectivity index (χ1) is 15.0. The maximum atomic E-state index is 13.4. The number of nitrogens with one attached hydrogen (secondary N) is 1. The normalized spacial score (nSPS) is 12.6. The molecule has 0 saturated carbocycles. The van der Waals surface area contributed by atoms with Gasteiger partial charge in [0.2, 0.25) is 21.8 Å². The summed E-state index contributed by atoms with van der Waals surface area (Å²) in [6.07, 6.45) is 1.01. The average Bonchev–Trinajstić information content (AvgIpc) is 2.73. The maximum Gasteiger partial charge on any atom is 0.247 e. The number of sulfonamides is 1. The van der Waals surface area contributed by atoms with Gasteiger partial charge in [-0.1, -0.05) is 56.3 Å². The Labute approximate surface area is 189 Å². The predicted octanol–water partition coefficient (Wildman–Crippen LogP) is 2.56. The number of hydrogen-bond acceptors (Lipinski definition) is 4. The van der Waals surface area contributed by atoms with Crippen LogP contribution in [0.25, 0.3) is 0 Å². The zero-order chi connectivity index (χ0) is 23.9. The number of benzene rings is 2. The molecule has 174 valence electrons. The quantitative estimate of drug-likeness (QED) is 0.587. The summed E-state index contributed by atoms with van der Waals surface area (Å²) >= 11 is 0. The lowest BCUT2D eigenvalue weighted by molar-refractivity contribution is -0.141. The molecule has 0 aliphatic rings. The van der Waals surface area contributed by atoms with Crippen molar-refractivity contribution >= 4 is 21.8 Å². The van der Waals surface area contributed by atoms with Crippen LogP contribution in [0.15, 0.2) is 54.6 Å². The van der Waals surface area contributed by atoms with Gasteiger partial charge < -0.3 is 10.2 Å². The number of rotatable bonds is 10. The summed E-state index contributed by atoms with van der Waals surface area (Å²) in [6.45, 7) is 3.91. The Morgan fingerprint density at radius 3 is 2.16 bits per heavy atom. The fourth-order valence-corrected chi connectivity index (χ4v) is 3.36. The maximum absolute atomic E-state index is 13.4. The molecular weight excluding hydrogens is 433 g/mol. The lowest BCUT2D eigenvalue weighted by Crippen LogP contribution is -2.47. The van der Waals surface area contributed by atoms with Crippen molar-refractivity contribution in [3.63, 3.8) is 0 Å². The van der Waals surface area contributed by atoms with Crippen molar-refractivity contribution < 1.29 is 22.4 Å². The van der Waals surface area contributed by atoms with Gasteiger partial charge in [-0.2, -0.15) is 4.31 Å². The summed E-state index contributed by atoms with van der Waals surface area (Å²) in [7, 11) is -2.30. The number of carbonyl (C=O) groups is 2. The van der Waals surface area contributed by atoms with Crippen molar-refractivity contribution in [3.8, 4) is 0 Å². The van der Waals surface area contributed by atoms with Gasteiger partial charge in [0.1, 0.15) is 11.9 Å². The van der Waals surface area contributed by atoms with Crippen LogP contribution in [0.2, 0.25) is 0 Å².